The molecule has 11 heteroatoms. The molecule has 1 aliphatic carbocycles. The molecule has 0 amide bonds. The third-order valence-corrected chi connectivity index (χ3v) is 6.38. The first-order valence-electron chi connectivity index (χ1n) is 8.28. The van der Waals surface area contributed by atoms with Crippen LogP contribution in [0, 0.1) is 17.2 Å². The molecular weight excluding hydrogens is 407 g/mol. The number of pyridine rings is 1. The number of halogens is 3. The highest BCUT2D eigenvalue weighted by Gasteiger charge is 2.39. The quantitative estimate of drug-likeness (QED) is 0.604. The molecule has 0 aromatic carbocycles. The summed E-state index contributed by atoms with van der Waals surface area (Å²) in [5, 5.41) is 13.2. The summed E-state index contributed by atoms with van der Waals surface area (Å²) >= 11 is 0. The largest absolute Gasteiger partial charge is 0.416 e. The zero-order valence-electron chi connectivity index (χ0n) is 15.3. The maximum absolute atomic E-state index is 13.4. The fourth-order valence-electron chi connectivity index (χ4n) is 2.94. The Balaban J connectivity index is 2.20. The van der Waals surface area contributed by atoms with Crippen molar-refractivity contribution >= 4 is 21.6 Å². The topological polar surface area (TPSA) is 104 Å². The highest BCUT2D eigenvalue weighted by Crippen LogP contribution is 2.39. The number of alkyl halides is 3. The number of allylic oxidation sites excluding steroid dienone is 5. The first-order valence-corrected chi connectivity index (χ1v) is 9.72. The van der Waals surface area contributed by atoms with Gasteiger partial charge in [0.25, 0.3) is 10.0 Å². The minimum Gasteiger partial charge on any atom is -0.255 e. The maximum atomic E-state index is 13.4. The van der Waals surface area contributed by atoms with E-state index in [2.05, 4.69) is 5.10 Å². The molecule has 2 N–H and O–H groups in total. The Morgan fingerprint density at radius 2 is 2.07 bits per heavy atom. The number of nitrogens with two attached hydrogens (primary N) is 1. The van der Waals surface area contributed by atoms with E-state index in [4.69, 9.17) is 11.1 Å². The normalized spacial score (nSPS) is 19.4. The van der Waals surface area contributed by atoms with Crippen LogP contribution < -0.4 is 5.84 Å². The Kier molecular flexibility index (Phi) is 5.12. The summed E-state index contributed by atoms with van der Waals surface area (Å²) < 4.78 is 67.0. The fraction of sp³-hybridized carbons (Fsp3) is 0.222. The van der Waals surface area contributed by atoms with E-state index in [1.165, 1.54) is 23.7 Å². The number of fused-ring (bicyclic) bond motifs is 1. The molecule has 2 heterocycles. The van der Waals surface area contributed by atoms with Gasteiger partial charge in [-0.2, -0.15) is 23.5 Å². The van der Waals surface area contributed by atoms with Crippen molar-refractivity contribution in [3.05, 3.63) is 63.9 Å². The van der Waals surface area contributed by atoms with Crippen LogP contribution in [0.1, 0.15) is 18.1 Å². The molecule has 29 heavy (non-hydrogen) atoms. The molecule has 0 fully saturated rings. The van der Waals surface area contributed by atoms with Crippen LogP contribution >= 0.6 is 0 Å². The Hall–Kier alpha value is -2.94. The SMILES string of the molecule is CC1C(=Cc2cnn3ccc(C#N)cc23)C=C(C(F)(F)F)C=C1S(=O)(=O)N(C)N. The van der Waals surface area contributed by atoms with Crippen LogP contribution in [0.15, 0.2) is 52.7 Å². The average molecular weight is 423 g/mol. The number of hydrogen-bond donors (Lipinski definition) is 1. The molecule has 0 spiro atoms. The Bertz CT molecular complexity index is 1210. The van der Waals surface area contributed by atoms with Crippen LogP contribution in [0.4, 0.5) is 13.2 Å². The highest BCUT2D eigenvalue weighted by molar-refractivity contribution is 7.93. The third-order valence-electron chi connectivity index (χ3n) is 4.55. The minimum absolute atomic E-state index is 0.123. The molecule has 0 bridgehead atoms. The summed E-state index contributed by atoms with van der Waals surface area (Å²) in [7, 11) is -3.23. The van der Waals surface area contributed by atoms with Gasteiger partial charge >= 0.3 is 6.18 Å². The van der Waals surface area contributed by atoms with E-state index in [1.54, 1.807) is 18.3 Å². The Morgan fingerprint density at radius 1 is 1.38 bits per heavy atom. The number of rotatable bonds is 3. The van der Waals surface area contributed by atoms with Crippen molar-refractivity contribution in [3.8, 4) is 6.07 Å². The maximum Gasteiger partial charge on any atom is 0.416 e. The van der Waals surface area contributed by atoms with Gasteiger partial charge in [0.15, 0.2) is 0 Å². The molecule has 0 radical (unpaired) electrons. The monoisotopic (exact) mass is 423 g/mol. The molecule has 1 atom stereocenters. The van der Waals surface area contributed by atoms with E-state index >= 15 is 0 Å². The van der Waals surface area contributed by atoms with Crippen LogP contribution in [-0.4, -0.2) is 35.7 Å². The summed E-state index contributed by atoms with van der Waals surface area (Å²) in [5.74, 6) is 4.46. The van der Waals surface area contributed by atoms with Crippen LogP contribution in [0.3, 0.4) is 0 Å². The van der Waals surface area contributed by atoms with Crippen molar-refractivity contribution in [1.29, 1.82) is 5.26 Å². The third kappa shape index (κ3) is 3.82. The molecule has 0 aliphatic heterocycles. The first-order chi connectivity index (χ1) is 13.4. The van der Waals surface area contributed by atoms with Crippen LogP contribution in [0.25, 0.3) is 11.6 Å². The van der Waals surface area contributed by atoms with Crippen LogP contribution in [0.5, 0.6) is 0 Å². The molecule has 0 saturated carbocycles. The number of nitrogens with zero attached hydrogens (tertiary/aromatic N) is 4. The van der Waals surface area contributed by atoms with Crippen molar-refractivity contribution in [2.45, 2.75) is 13.1 Å². The Morgan fingerprint density at radius 3 is 2.66 bits per heavy atom. The lowest BCUT2D eigenvalue weighted by Crippen LogP contribution is -2.36. The lowest BCUT2D eigenvalue weighted by molar-refractivity contribution is -0.0884. The van der Waals surface area contributed by atoms with Gasteiger partial charge in [0.2, 0.25) is 0 Å². The van der Waals surface area contributed by atoms with Gasteiger partial charge in [-0.3, -0.25) is 5.84 Å². The summed E-state index contributed by atoms with van der Waals surface area (Å²) in [4.78, 5) is -0.460. The fourth-order valence-corrected chi connectivity index (χ4v) is 4.13. The van der Waals surface area contributed by atoms with E-state index in [1.807, 2.05) is 6.07 Å². The van der Waals surface area contributed by atoms with E-state index in [0.717, 1.165) is 13.1 Å². The van der Waals surface area contributed by atoms with Crippen molar-refractivity contribution in [2.75, 3.05) is 7.05 Å². The predicted molar refractivity (Wildman–Crippen MR) is 100 cm³/mol. The van der Waals surface area contributed by atoms with E-state index in [9.17, 15) is 21.6 Å². The lowest BCUT2D eigenvalue weighted by atomic mass is 9.90. The van der Waals surface area contributed by atoms with Crippen molar-refractivity contribution in [2.24, 2.45) is 11.8 Å². The van der Waals surface area contributed by atoms with Crippen molar-refractivity contribution in [3.63, 3.8) is 0 Å². The van der Waals surface area contributed by atoms with Gasteiger partial charge in [0.1, 0.15) is 0 Å². The standard InChI is InChI=1S/C18H16F3N5O2S/c1-11-13(6-14-10-24-26-4-3-12(9-22)5-16(14)26)7-15(18(19,20)21)8-17(11)29(27,28)25(2)23/h3-8,10-11H,23H2,1-2H3. The summed E-state index contributed by atoms with van der Waals surface area (Å²) in [6.45, 7) is 1.48. The Labute approximate surface area is 164 Å². The second-order valence-electron chi connectivity index (χ2n) is 6.49. The highest BCUT2D eigenvalue weighted by atomic mass is 32.2. The van der Waals surface area contributed by atoms with Crippen LogP contribution in [-0.2, 0) is 10.0 Å². The van der Waals surface area contributed by atoms with Gasteiger partial charge in [-0.05, 0) is 35.9 Å². The zero-order valence-corrected chi connectivity index (χ0v) is 16.2. The van der Waals surface area contributed by atoms with Gasteiger partial charge in [0.05, 0.1) is 33.8 Å². The van der Waals surface area contributed by atoms with Crippen molar-refractivity contribution < 1.29 is 21.6 Å². The lowest BCUT2D eigenvalue weighted by Gasteiger charge is -2.26. The molecule has 1 aliphatic rings. The molecular formula is C18H16F3N5O2S. The average Bonchev–Trinajstić information content (AvgIpc) is 3.04. The number of hydrogen-bond acceptors (Lipinski definition) is 5. The van der Waals surface area contributed by atoms with E-state index in [-0.39, 0.29) is 5.57 Å². The van der Waals surface area contributed by atoms with Gasteiger partial charge in [-0.25, -0.2) is 12.9 Å². The van der Waals surface area contributed by atoms with Gasteiger partial charge in [-0.15, -0.1) is 4.41 Å². The second-order valence-corrected chi connectivity index (χ2v) is 8.49. The van der Waals surface area contributed by atoms with E-state index < -0.39 is 32.6 Å². The molecule has 2 aromatic heterocycles. The van der Waals surface area contributed by atoms with Gasteiger partial charge < -0.3 is 0 Å². The number of aromatic nitrogens is 2. The molecule has 152 valence electrons. The van der Waals surface area contributed by atoms with Crippen molar-refractivity contribution in [1.82, 2.24) is 14.0 Å². The molecule has 1 unspecified atom stereocenters. The smallest absolute Gasteiger partial charge is 0.255 e. The summed E-state index contributed by atoms with van der Waals surface area (Å²) in [6.07, 6.45) is 1.17. The van der Waals surface area contributed by atoms with Gasteiger partial charge in [0, 0.05) is 24.7 Å². The molecule has 0 saturated heterocycles. The number of nitriles is 1. The molecule has 2 aromatic rings. The summed E-state index contributed by atoms with van der Waals surface area (Å²) in [6, 6.07) is 5.08. The van der Waals surface area contributed by atoms with Crippen LogP contribution in [0.2, 0.25) is 0 Å². The predicted octanol–water partition coefficient (Wildman–Crippen LogP) is 2.75. The molecule has 7 nitrogen and oxygen atoms in total. The number of hydrazine groups is 1. The van der Waals surface area contributed by atoms with Gasteiger partial charge in [-0.1, -0.05) is 6.92 Å². The second kappa shape index (κ2) is 7.14. The summed E-state index contributed by atoms with van der Waals surface area (Å²) in [5.41, 5.74) is 0.324. The number of sulfonamides is 1. The van der Waals surface area contributed by atoms with E-state index in [0.29, 0.717) is 27.1 Å². The first kappa shape index (κ1) is 20.8. The minimum atomic E-state index is -4.75. The molecule has 3 rings (SSSR count). The zero-order chi connectivity index (χ0) is 21.6.